The lowest BCUT2D eigenvalue weighted by Gasteiger charge is -2.26. The molecule has 6 aromatic rings. The Hall–Kier alpha value is -4.57. The first-order valence-electron chi connectivity index (χ1n) is 12.7. The van der Waals surface area contributed by atoms with Crippen molar-refractivity contribution in [3.63, 3.8) is 0 Å². The van der Waals surface area contributed by atoms with Crippen molar-refractivity contribution in [3.8, 4) is 34.0 Å². The predicted molar refractivity (Wildman–Crippen MR) is 142 cm³/mol. The van der Waals surface area contributed by atoms with Crippen LogP contribution in [0.3, 0.4) is 0 Å². The SMILES string of the molecule is Fc1c(-c2cncc(CN3CCCCC3)c2)ncc2[nH]nc(-c3nc4nccc(-c5ccccn5)c4[nH]3)c12. The highest BCUT2D eigenvalue weighted by Gasteiger charge is 2.22. The molecule has 0 radical (unpaired) electrons. The van der Waals surface area contributed by atoms with Gasteiger partial charge in [-0.3, -0.25) is 25.0 Å². The number of piperidine rings is 1. The fraction of sp³-hybridized carbons (Fsp3) is 0.214. The van der Waals surface area contributed by atoms with Crippen LogP contribution in [0.15, 0.2) is 61.3 Å². The van der Waals surface area contributed by atoms with Gasteiger partial charge in [0.15, 0.2) is 17.3 Å². The van der Waals surface area contributed by atoms with E-state index in [0.717, 1.165) is 36.5 Å². The van der Waals surface area contributed by atoms with Crippen LogP contribution < -0.4 is 0 Å². The number of hydrogen-bond donors (Lipinski definition) is 2. The minimum absolute atomic E-state index is 0.233. The van der Waals surface area contributed by atoms with E-state index in [2.05, 4.69) is 45.0 Å². The number of imidazole rings is 1. The zero-order chi connectivity index (χ0) is 25.5. The normalized spacial score (nSPS) is 14.4. The number of fused-ring (bicyclic) bond motifs is 2. The number of aromatic amines is 2. The Bertz CT molecular complexity index is 1750. The van der Waals surface area contributed by atoms with Gasteiger partial charge in [-0.1, -0.05) is 12.5 Å². The second-order valence-electron chi connectivity index (χ2n) is 9.56. The minimum Gasteiger partial charge on any atom is -0.335 e. The first-order valence-corrected chi connectivity index (χ1v) is 12.7. The average Bonchev–Trinajstić information content (AvgIpc) is 3.59. The molecule has 0 aromatic carbocycles. The predicted octanol–water partition coefficient (Wildman–Crippen LogP) is 5.15. The molecule has 0 unspecified atom stereocenters. The van der Waals surface area contributed by atoms with E-state index in [0.29, 0.717) is 39.1 Å². The zero-order valence-electron chi connectivity index (χ0n) is 20.5. The van der Waals surface area contributed by atoms with Crippen LogP contribution in [0.5, 0.6) is 0 Å². The van der Waals surface area contributed by atoms with Crippen molar-refractivity contribution in [3.05, 3.63) is 72.7 Å². The third kappa shape index (κ3) is 3.99. The van der Waals surface area contributed by atoms with Gasteiger partial charge in [0, 0.05) is 42.5 Å². The summed E-state index contributed by atoms with van der Waals surface area (Å²) in [5.41, 5.74) is 5.62. The molecular formula is C28H24FN9. The molecule has 0 aliphatic carbocycles. The number of pyridine rings is 4. The Kier molecular flexibility index (Phi) is 5.58. The number of likely N-dealkylation sites (tertiary alicyclic amines) is 1. The molecule has 0 spiro atoms. The van der Waals surface area contributed by atoms with Crippen molar-refractivity contribution in [1.29, 1.82) is 0 Å². The first-order chi connectivity index (χ1) is 18.7. The molecule has 1 aliphatic heterocycles. The Morgan fingerprint density at radius 3 is 2.71 bits per heavy atom. The Balaban J connectivity index is 1.29. The molecule has 0 atom stereocenters. The fourth-order valence-electron chi connectivity index (χ4n) is 5.19. The largest absolute Gasteiger partial charge is 0.335 e. The molecule has 10 heteroatoms. The molecule has 1 saturated heterocycles. The van der Waals surface area contributed by atoms with E-state index >= 15 is 4.39 Å². The van der Waals surface area contributed by atoms with E-state index in [1.807, 2.05) is 36.5 Å². The summed E-state index contributed by atoms with van der Waals surface area (Å²) in [6.07, 6.45) is 12.2. The van der Waals surface area contributed by atoms with Gasteiger partial charge in [0.1, 0.15) is 11.4 Å². The number of aromatic nitrogens is 8. The molecule has 38 heavy (non-hydrogen) atoms. The van der Waals surface area contributed by atoms with Gasteiger partial charge in [-0.2, -0.15) is 5.10 Å². The molecule has 7 heterocycles. The fourth-order valence-corrected chi connectivity index (χ4v) is 5.19. The molecule has 1 fully saturated rings. The summed E-state index contributed by atoms with van der Waals surface area (Å²) in [7, 11) is 0. The Labute approximate surface area is 217 Å². The summed E-state index contributed by atoms with van der Waals surface area (Å²) < 4.78 is 16.1. The van der Waals surface area contributed by atoms with Gasteiger partial charge in [-0.15, -0.1) is 0 Å². The number of halogens is 1. The lowest BCUT2D eigenvalue weighted by molar-refractivity contribution is 0.220. The average molecular weight is 506 g/mol. The molecule has 1 aliphatic rings. The quantitative estimate of drug-likeness (QED) is 0.333. The highest BCUT2D eigenvalue weighted by atomic mass is 19.1. The van der Waals surface area contributed by atoms with Gasteiger partial charge in [0.25, 0.3) is 0 Å². The maximum Gasteiger partial charge on any atom is 0.178 e. The maximum absolute atomic E-state index is 16.1. The molecule has 7 rings (SSSR count). The van der Waals surface area contributed by atoms with Crippen LogP contribution in [0, 0.1) is 5.82 Å². The Morgan fingerprint density at radius 2 is 1.84 bits per heavy atom. The molecule has 0 amide bonds. The summed E-state index contributed by atoms with van der Waals surface area (Å²) in [4.78, 5) is 28.0. The lowest BCUT2D eigenvalue weighted by Crippen LogP contribution is -2.29. The highest BCUT2D eigenvalue weighted by Crippen LogP contribution is 2.33. The van der Waals surface area contributed by atoms with E-state index in [1.165, 1.54) is 19.3 Å². The van der Waals surface area contributed by atoms with Gasteiger partial charge >= 0.3 is 0 Å². The van der Waals surface area contributed by atoms with Crippen LogP contribution in [-0.2, 0) is 6.54 Å². The van der Waals surface area contributed by atoms with Crippen molar-refractivity contribution in [1.82, 2.24) is 45.0 Å². The number of nitrogens with zero attached hydrogens (tertiary/aromatic N) is 7. The van der Waals surface area contributed by atoms with Gasteiger partial charge in [-0.25, -0.2) is 14.4 Å². The van der Waals surface area contributed by atoms with Crippen LogP contribution in [0.4, 0.5) is 4.39 Å². The molecular weight excluding hydrogens is 481 g/mol. The van der Waals surface area contributed by atoms with E-state index in [-0.39, 0.29) is 5.69 Å². The van der Waals surface area contributed by atoms with Crippen LogP contribution in [0.1, 0.15) is 24.8 Å². The molecule has 0 saturated carbocycles. The third-order valence-corrected chi connectivity index (χ3v) is 7.02. The Morgan fingerprint density at radius 1 is 0.921 bits per heavy atom. The number of nitrogens with one attached hydrogen (secondary N) is 2. The van der Waals surface area contributed by atoms with Crippen LogP contribution >= 0.6 is 0 Å². The van der Waals surface area contributed by atoms with Gasteiger partial charge in [0.2, 0.25) is 0 Å². The molecule has 188 valence electrons. The first kappa shape index (κ1) is 22.6. The van der Waals surface area contributed by atoms with Gasteiger partial charge in [-0.05, 0) is 55.8 Å². The highest BCUT2D eigenvalue weighted by molar-refractivity contribution is 5.96. The van der Waals surface area contributed by atoms with Crippen molar-refractivity contribution in [2.24, 2.45) is 0 Å². The van der Waals surface area contributed by atoms with Crippen molar-refractivity contribution in [2.45, 2.75) is 25.8 Å². The van der Waals surface area contributed by atoms with Crippen LogP contribution in [0.25, 0.3) is 56.1 Å². The van der Waals surface area contributed by atoms with Gasteiger partial charge < -0.3 is 4.98 Å². The molecule has 9 nitrogen and oxygen atoms in total. The van der Waals surface area contributed by atoms with Crippen molar-refractivity contribution < 1.29 is 4.39 Å². The second kappa shape index (κ2) is 9.38. The van der Waals surface area contributed by atoms with E-state index in [9.17, 15) is 0 Å². The summed E-state index contributed by atoms with van der Waals surface area (Å²) in [6, 6.07) is 9.56. The van der Waals surface area contributed by atoms with Crippen molar-refractivity contribution in [2.75, 3.05) is 13.1 Å². The molecule has 2 N–H and O–H groups in total. The number of hydrogen-bond acceptors (Lipinski definition) is 7. The summed E-state index contributed by atoms with van der Waals surface area (Å²) in [6.45, 7) is 2.96. The van der Waals surface area contributed by atoms with Crippen LogP contribution in [0.2, 0.25) is 0 Å². The smallest absolute Gasteiger partial charge is 0.178 e. The third-order valence-electron chi connectivity index (χ3n) is 7.02. The van der Waals surface area contributed by atoms with E-state index < -0.39 is 5.82 Å². The lowest BCUT2D eigenvalue weighted by atomic mass is 10.1. The minimum atomic E-state index is -0.471. The van der Waals surface area contributed by atoms with Gasteiger partial charge in [0.05, 0.1) is 28.3 Å². The number of rotatable bonds is 5. The number of H-pyrrole nitrogens is 2. The zero-order valence-corrected chi connectivity index (χ0v) is 20.5. The molecule has 0 bridgehead atoms. The van der Waals surface area contributed by atoms with E-state index in [1.54, 1.807) is 24.8 Å². The monoisotopic (exact) mass is 505 g/mol. The summed E-state index contributed by atoms with van der Waals surface area (Å²) in [5.74, 6) is -0.0586. The topological polar surface area (TPSA) is 112 Å². The standard InChI is InChI=1S/C28H24FN9/c29-23-22-21(15-33-24(23)18-12-17(13-30-14-18)16-38-10-4-1-5-11-38)36-37-26(22)28-34-25-19(7-9-32-27(25)35-28)20-6-2-3-8-31-20/h2-3,6-9,12-15H,1,4-5,10-11,16H2,(H,36,37)(H,32,34,35). The van der Waals surface area contributed by atoms with E-state index in [4.69, 9.17) is 0 Å². The van der Waals surface area contributed by atoms with Crippen LogP contribution in [-0.4, -0.2) is 58.1 Å². The second-order valence-corrected chi connectivity index (χ2v) is 9.56. The maximum atomic E-state index is 16.1. The summed E-state index contributed by atoms with van der Waals surface area (Å²) in [5, 5.41) is 7.60. The van der Waals surface area contributed by atoms with Crippen molar-refractivity contribution >= 4 is 22.1 Å². The molecule has 6 aromatic heterocycles. The summed E-state index contributed by atoms with van der Waals surface area (Å²) >= 11 is 0.